The predicted molar refractivity (Wildman–Crippen MR) is 99.3 cm³/mol. The van der Waals surface area contributed by atoms with Crippen molar-refractivity contribution >= 4 is 17.4 Å². The zero-order chi connectivity index (χ0) is 17.3. The van der Waals surface area contributed by atoms with Gasteiger partial charge in [-0.3, -0.25) is 4.79 Å². The van der Waals surface area contributed by atoms with Crippen LogP contribution in [0.3, 0.4) is 0 Å². The first kappa shape index (κ1) is 16.5. The van der Waals surface area contributed by atoms with Crippen LogP contribution < -0.4 is 4.74 Å². The molecule has 2 aromatic rings. The fourth-order valence-electron chi connectivity index (χ4n) is 3.10. The van der Waals surface area contributed by atoms with Crippen LogP contribution in [-0.2, 0) is 16.6 Å². The number of hydrogen-bond acceptors (Lipinski definition) is 2. The average molecular weight is 320 g/mol. The number of ether oxygens (including phenoxy) is 1. The highest BCUT2D eigenvalue weighted by Gasteiger charge is 2.22. The van der Waals surface area contributed by atoms with Gasteiger partial charge in [-0.2, -0.15) is 0 Å². The first-order chi connectivity index (χ1) is 11.4. The number of ketones is 1. The van der Waals surface area contributed by atoms with E-state index in [4.69, 9.17) is 4.74 Å². The molecule has 0 aromatic heterocycles. The Morgan fingerprint density at radius 1 is 1.00 bits per heavy atom. The van der Waals surface area contributed by atoms with Gasteiger partial charge in [-0.15, -0.1) is 0 Å². The number of hydrogen-bond donors (Lipinski definition) is 0. The Labute approximate surface area is 144 Å². The highest BCUT2D eigenvalue weighted by molar-refractivity contribution is 6.26. The van der Waals surface area contributed by atoms with E-state index in [2.05, 4.69) is 45.0 Å². The Bertz CT molecular complexity index is 790. The van der Waals surface area contributed by atoms with Crippen LogP contribution in [0.4, 0.5) is 0 Å². The summed E-state index contributed by atoms with van der Waals surface area (Å²) in [6, 6.07) is 14.5. The van der Waals surface area contributed by atoms with Crippen molar-refractivity contribution < 1.29 is 9.53 Å². The Morgan fingerprint density at radius 2 is 1.71 bits per heavy atom. The smallest absolute Gasteiger partial charge is 0.163 e. The Hall–Kier alpha value is -2.35. The Morgan fingerprint density at radius 3 is 2.33 bits per heavy atom. The fourth-order valence-corrected chi connectivity index (χ4v) is 3.10. The second-order valence-corrected chi connectivity index (χ2v) is 7.38. The van der Waals surface area contributed by atoms with Crippen molar-refractivity contribution in [3.05, 3.63) is 64.7 Å². The molecule has 2 aromatic carbocycles. The van der Waals surface area contributed by atoms with Gasteiger partial charge in [0.1, 0.15) is 5.75 Å². The van der Waals surface area contributed by atoms with Crippen LogP contribution in [0, 0.1) is 0 Å². The molecule has 3 rings (SSSR count). The average Bonchev–Trinajstić information content (AvgIpc) is 2.56. The summed E-state index contributed by atoms with van der Waals surface area (Å²) >= 11 is 0. The van der Waals surface area contributed by atoms with Gasteiger partial charge in [0.15, 0.2) is 5.78 Å². The van der Waals surface area contributed by atoms with Crippen LogP contribution in [0.2, 0.25) is 0 Å². The molecule has 0 amide bonds. The minimum absolute atomic E-state index is 0.134. The van der Waals surface area contributed by atoms with Crippen LogP contribution in [0.5, 0.6) is 5.75 Å². The molecule has 0 bridgehead atoms. The van der Waals surface area contributed by atoms with Gasteiger partial charge < -0.3 is 4.74 Å². The zero-order valence-corrected chi connectivity index (χ0v) is 14.8. The van der Waals surface area contributed by atoms with Crippen molar-refractivity contribution in [1.29, 1.82) is 0 Å². The molecule has 2 nitrogen and oxygen atoms in total. The van der Waals surface area contributed by atoms with E-state index in [0.717, 1.165) is 28.9 Å². The third-order valence-corrected chi connectivity index (χ3v) is 4.61. The number of carbonyl (C=O) groups is 1. The van der Waals surface area contributed by atoms with E-state index < -0.39 is 0 Å². The fraction of sp³-hybridized carbons (Fsp3) is 0.318. The van der Waals surface area contributed by atoms with Gasteiger partial charge >= 0.3 is 0 Å². The lowest BCUT2D eigenvalue weighted by molar-refractivity contribution is -0.113. The van der Waals surface area contributed by atoms with Gasteiger partial charge in [0, 0.05) is 12.0 Å². The van der Waals surface area contributed by atoms with Crippen molar-refractivity contribution in [1.82, 2.24) is 0 Å². The van der Waals surface area contributed by atoms with Crippen molar-refractivity contribution in [2.45, 2.75) is 39.0 Å². The van der Waals surface area contributed by atoms with Gasteiger partial charge in [-0.1, -0.05) is 51.1 Å². The maximum Gasteiger partial charge on any atom is 0.163 e. The van der Waals surface area contributed by atoms with Gasteiger partial charge in [0.2, 0.25) is 0 Å². The maximum atomic E-state index is 12.4. The summed E-state index contributed by atoms with van der Waals surface area (Å²) in [5.74, 6) is 1.06. The largest absolute Gasteiger partial charge is 0.497 e. The number of methoxy groups -OCH3 is 1. The minimum Gasteiger partial charge on any atom is -0.497 e. The molecule has 0 radical (unpaired) electrons. The molecular weight excluding hydrogens is 296 g/mol. The lowest BCUT2D eigenvalue weighted by Crippen LogP contribution is -2.12. The summed E-state index contributed by atoms with van der Waals surface area (Å²) in [4.78, 5) is 12.4. The molecule has 0 N–H and O–H groups in total. The minimum atomic E-state index is 0.134. The molecule has 1 aliphatic rings. The van der Waals surface area contributed by atoms with Crippen LogP contribution in [0.1, 0.15) is 49.4 Å². The summed E-state index contributed by atoms with van der Waals surface area (Å²) in [6.45, 7) is 6.61. The zero-order valence-electron chi connectivity index (χ0n) is 14.8. The molecule has 124 valence electrons. The van der Waals surface area contributed by atoms with E-state index >= 15 is 0 Å². The molecule has 0 saturated heterocycles. The van der Waals surface area contributed by atoms with Gasteiger partial charge in [-0.05, 0) is 52.3 Å². The van der Waals surface area contributed by atoms with Crippen LogP contribution >= 0.6 is 0 Å². The van der Waals surface area contributed by atoms with Gasteiger partial charge in [0.25, 0.3) is 0 Å². The molecule has 0 unspecified atom stereocenters. The van der Waals surface area contributed by atoms with Crippen molar-refractivity contribution in [3.63, 3.8) is 0 Å². The predicted octanol–water partition coefficient (Wildman–Crippen LogP) is 5.05. The topological polar surface area (TPSA) is 26.3 Å². The summed E-state index contributed by atoms with van der Waals surface area (Å²) in [6.07, 6.45) is 3.36. The third-order valence-electron chi connectivity index (χ3n) is 4.61. The Kier molecular flexibility index (Phi) is 4.31. The highest BCUT2D eigenvalue weighted by Crippen LogP contribution is 2.32. The molecule has 1 aliphatic carbocycles. The second-order valence-electron chi connectivity index (χ2n) is 7.38. The van der Waals surface area contributed by atoms with E-state index in [9.17, 15) is 4.79 Å². The normalized spacial score (nSPS) is 16.2. The van der Waals surface area contributed by atoms with Crippen molar-refractivity contribution in [2.75, 3.05) is 7.11 Å². The van der Waals surface area contributed by atoms with E-state index in [1.807, 2.05) is 24.3 Å². The van der Waals surface area contributed by atoms with E-state index in [0.29, 0.717) is 6.42 Å². The summed E-state index contributed by atoms with van der Waals surface area (Å²) in [7, 11) is 1.67. The third kappa shape index (κ3) is 3.28. The van der Waals surface area contributed by atoms with Gasteiger partial charge in [0.05, 0.1) is 7.11 Å². The maximum absolute atomic E-state index is 12.4. The number of allylic oxidation sites excluding steroid dienone is 1. The molecule has 0 aliphatic heterocycles. The van der Waals surface area contributed by atoms with Gasteiger partial charge in [-0.25, -0.2) is 0 Å². The van der Waals surface area contributed by atoms with Crippen LogP contribution in [0.15, 0.2) is 42.5 Å². The van der Waals surface area contributed by atoms with E-state index in [-0.39, 0.29) is 11.2 Å². The van der Waals surface area contributed by atoms with Crippen LogP contribution in [-0.4, -0.2) is 12.9 Å². The SMILES string of the molecule is COc1ccc2c(c1)CCC(=O)/C2=C/c1ccc(C(C)(C)C)cc1. The monoisotopic (exact) mass is 320 g/mol. The summed E-state index contributed by atoms with van der Waals surface area (Å²) in [5, 5.41) is 0. The Balaban J connectivity index is 1.99. The quantitative estimate of drug-likeness (QED) is 0.724. The second kappa shape index (κ2) is 6.27. The molecule has 24 heavy (non-hydrogen) atoms. The number of aryl methyl sites for hydroxylation is 1. The van der Waals surface area contributed by atoms with Crippen molar-refractivity contribution in [3.8, 4) is 5.75 Å². The molecule has 0 fully saturated rings. The lowest BCUT2D eigenvalue weighted by atomic mass is 9.84. The molecule has 2 heteroatoms. The summed E-state index contributed by atoms with van der Waals surface area (Å²) in [5.41, 5.74) is 5.52. The summed E-state index contributed by atoms with van der Waals surface area (Å²) < 4.78 is 5.30. The first-order valence-electron chi connectivity index (χ1n) is 8.41. The molecular formula is C22H24O2. The highest BCUT2D eigenvalue weighted by atomic mass is 16.5. The number of rotatable bonds is 2. The molecule has 0 saturated carbocycles. The first-order valence-corrected chi connectivity index (χ1v) is 8.41. The van der Waals surface area contributed by atoms with E-state index in [1.54, 1.807) is 7.11 Å². The molecule has 0 spiro atoms. The standard InChI is InChI=1S/C22H24O2/c1-22(2,3)17-8-5-15(6-9-17)13-20-19-11-10-18(24-4)14-16(19)7-12-21(20)23/h5-6,8-11,13-14H,7,12H2,1-4H3/b20-13+. The number of carbonyl (C=O) groups excluding carboxylic acids is 1. The molecule has 0 atom stereocenters. The molecule has 0 heterocycles. The number of benzene rings is 2. The van der Waals surface area contributed by atoms with E-state index in [1.165, 1.54) is 11.1 Å². The van der Waals surface area contributed by atoms with Crippen LogP contribution in [0.25, 0.3) is 11.6 Å². The number of fused-ring (bicyclic) bond motifs is 1. The lowest BCUT2D eigenvalue weighted by Gasteiger charge is -2.20. The number of Topliss-reactive ketones (excluding diaryl/α,β-unsaturated/α-hetero) is 1. The van der Waals surface area contributed by atoms with Crippen molar-refractivity contribution in [2.24, 2.45) is 0 Å².